The van der Waals surface area contributed by atoms with Crippen LogP contribution in [0.5, 0.6) is 0 Å². The van der Waals surface area contributed by atoms with Gasteiger partial charge in [0.2, 0.25) is 0 Å². The van der Waals surface area contributed by atoms with Gasteiger partial charge in [0.25, 0.3) is 0 Å². The maximum Gasteiger partial charge on any atom is 0.143 e. The summed E-state index contributed by atoms with van der Waals surface area (Å²) in [6, 6.07) is 16.0. The highest BCUT2D eigenvalue weighted by molar-refractivity contribution is 5.76. The van der Waals surface area contributed by atoms with Crippen LogP contribution < -0.4 is 0 Å². The van der Waals surface area contributed by atoms with Crippen LogP contribution in [-0.2, 0) is 6.54 Å². The first-order chi connectivity index (χ1) is 10.2. The van der Waals surface area contributed by atoms with Crippen LogP contribution in [-0.4, -0.2) is 14.7 Å². The number of aromatic nitrogens is 2. The quantitative estimate of drug-likeness (QED) is 0.788. The van der Waals surface area contributed by atoms with Crippen molar-refractivity contribution in [1.29, 1.82) is 0 Å². The fourth-order valence-electron chi connectivity index (χ4n) is 2.66. The standard InChI is InChI=1S/C18H20N2O/c1-3-12-20-16-7-5-4-6-15(16)19-18(20)17(21)14-10-8-13(2)9-11-14/h4-11,17,21H,3,12H2,1-2H3/t17-/m0/s1. The molecule has 0 amide bonds. The van der Waals surface area contributed by atoms with E-state index in [-0.39, 0.29) is 0 Å². The lowest BCUT2D eigenvalue weighted by Crippen LogP contribution is -2.10. The maximum absolute atomic E-state index is 10.7. The summed E-state index contributed by atoms with van der Waals surface area (Å²) in [6.45, 7) is 5.04. The van der Waals surface area contributed by atoms with E-state index in [1.165, 1.54) is 5.56 Å². The number of fused-ring (bicyclic) bond motifs is 1. The van der Waals surface area contributed by atoms with Crippen molar-refractivity contribution in [1.82, 2.24) is 9.55 Å². The lowest BCUT2D eigenvalue weighted by atomic mass is 10.1. The Hall–Kier alpha value is -2.13. The average Bonchev–Trinajstić information content (AvgIpc) is 2.87. The van der Waals surface area contributed by atoms with Crippen LogP contribution in [0.4, 0.5) is 0 Å². The van der Waals surface area contributed by atoms with Gasteiger partial charge in [0, 0.05) is 6.54 Å². The van der Waals surface area contributed by atoms with Gasteiger partial charge in [-0.3, -0.25) is 0 Å². The highest BCUT2D eigenvalue weighted by Crippen LogP contribution is 2.26. The lowest BCUT2D eigenvalue weighted by Gasteiger charge is -2.14. The molecule has 0 bridgehead atoms. The van der Waals surface area contributed by atoms with Gasteiger partial charge < -0.3 is 9.67 Å². The number of imidazole rings is 1. The summed E-state index contributed by atoms with van der Waals surface area (Å²) < 4.78 is 2.12. The molecule has 0 radical (unpaired) electrons. The van der Waals surface area contributed by atoms with E-state index in [4.69, 9.17) is 0 Å². The van der Waals surface area contributed by atoms with Gasteiger partial charge in [-0.05, 0) is 31.0 Å². The minimum absolute atomic E-state index is 0.690. The minimum atomic E-state index is -0.690. The van der Waals surface area contributed by atoms with Crippen molar-refractivity contribution in [3.05, 3.63) is 65.5 Å². The number of hydrogen-bond acceptors (Lipinski definition) is 2. The molecule has 1 heterocycles. The fraction of sp³-hybridized carbons (Fsp3) is 0.278. The summed E-state index contributed by atoms with van der Waals surface area (Å²) in [4.78, 5) is 4.64. The molecular formula is C18H20N2O. The lowest BCUT2D eigenvalue weighted by molar-refractivity contribution is 0.205. The third-order valence-electron chi connectivity index (χ3n) is 3.77. The first-order valence-electron chi connectivity index (χ1n) is 7.40. The van der Waals surface area contributed by atoms with Crippen molar-refractivity contribution in [2.24, 2.45) is 0 Å². The predicted octanol–water partition coefficient (Wildman–Crippen LogP) is 3.84. The Bertz CT molecular complexity index is 744. The van der Waals surface area contributed by atoms with Crippen molar-refractivity contribution >= 4 is 11.0 Å². The number of para-hydroxylation sites is 2. The minimum Gasteiger partial charge on any atom is -0.380 e. The molecule has 0 aliphatic heterocycles. The van der Waals surface area contributed by atoms with Crippen LogP contribution >= 0.6 is 0 Å². The molecule has 1 atom stereocenters. The average molecular weight is 280 g/mol. The zero-order valence-electron chi connectivity index (χ0n) is 12.5. The van der Waals surface area contributed by atoms with Crippen LogP contribution in [0.1, 0.15) is 36.4 Å². The topological polar surface area (TPSA) is 38.0 Å². The molecule has 1 N–H and O–H groups in total. The molecule has 1 aromatic heterocycles. The van der Waals surface area contributed by atoms with Crippen LogP contribution in [0.3, 0.4) is 0 Å². The van der Waals surface area contributed by atoms with Crippen LogP contribution in [0.2, 0.25) is 0 Å². The summed E-state index contributed by atoms with van der Waals surface area (Å²) in [6.07, 6.45) is 0.318. The summed E-state index contributed by atoms with van der Waals surface area (Å²) in [7, 11) is 0. The van der Waals surface area contributed by atoms with Crippen molar-refractivity contribution in [2.45, 2.75) is 32.9 Å². The normalized spacial score (nSPS) is 12.7. The Morgan fingerprint density at radius 3 is 2.52 bits per heavy atom. The summed E-state index contributed by atoms with van der Waals surface area (Å²) >= 11 is 0. The largest absolute Gasteiger partial charge is 0.380 e. The molecule has 0 aliphatic rings. The third-order valence-corrected chi connectivity index (χ3v) is 3.77. The molecule has 0 spiro atoms. The molecule has 3 aromatic rings. The molecule has 21 heavy (non-hydrogen) atoms. The van der Waals surface area contributed by atoms with Crippen molar-refractivity contribution in [3.8, 4) is 0 Å². The van der Waals surface area contributed by atoms with Gasteiger partial charge in [-0.1, -0.05) is 48.9 Å². The summed E-state index contributed by atoms with van der Waals surface area (Å²) in [5.74, 6) is 0.724. The molecule has 0 aliphatic carbocycles. The second-order valence-electron chi connectivity index (χ2n) is 5.42. The zero-order valence-corrected chi connectivity index (χ0v) is 12.5. The van der Waals surface area contributed by atoms with E-state index in [2.05, 4.69) is 22.5 Å². The van der Waals surface area contributed by atoms with E-state index in [1.807, 2.05) is 49.4 Å². The first kappa shape index (κ1) is 13.8. The van der Waals surface area contributed by atoms with E-state index in [9.17, 15) is 5.11 Å². The Morgan fingerprint density at radius 1 is 1.10 bits per heavy atom. The molecular weight excluding hydrogens is 260 g/mol. The van der Waals surface area contributed by atoms with Gasteiger partial charge >= 0.3 is 0 Å². The molecule has 108 valence electrons. The Labute approximate surface area is 124 Å². The molecule has 0 unspecified atom stereocenters. The number of nitrogens with zero attached hydrogens (tertiary/aromatic N) is 2. The number of benzene rings is 2. The molecule has 0 fully saturated rings. The van der Waals surface area contributed by atoms with Crippen molar-refractivity contribution in [3.63, 3.8) is 0 Å². The SMILES string of the molecule is CCCn1c([C@@H](O)c2ccc(C)cc2)nc2ccccc21. The van der Waals surface area contributed by atoms with Gasteiger partial charge in [0.1, 0.15) is 11.9 Å². The third kappa shape index (κ3) is 2.57. The smallest absolute Gasteiger partial charge is 0.143 e. The van der Waals surface area contributed by atoms with Gasteiger partial charge in [0.15, 0.2) is 0 Å². The molecule has 2 aromatic carbocycles. The van der Waals surface area contributed by atoms with E-state index >= 15 is 0 Å². The van der Waals surface area contributed by atoms with E-state index < -0.39 is 6.10 Å². The summed E-state index contributed by atoms with van der Waals surface area (Å²) in [5.41, 5.74) is 4.09. The van der Waals surface area contributed by atoms with E-state index in [0.717, 1.165) is 35.4 Å². The Morgan fingerprint density at radius 2 is 1.81 bits per heavy atom. The second-order valence-corrected chi connectivity index (χ2v) is 5.42. The molecule has 3 heteroatoms. The molecule has 3 rings (SSSR count). The van der Waals surface area contributed by atoms with Crippen molar-refractivity contribution < 1.29 is 5.11 Å². The highest BCUT2D eigenvalue weighted by Gasteiger charge is 2.19. The van der Waals surface area contributed by atoms with Gasteiger partial charge in [0.05, 0.1) is 11.0 Å². The number of aliphatic hydroxyl groups is 1. The van der Waals surface area contributed by atoms with Gasteiger partial charge in [-0.15, -0.1) is 0 Å². The Balaban J connectivity index is 2.10. The Kier molecular flexibility index (Phi) is 3.76. The number of rotatable bonds is 4. The van der Waals surface area contributed by atoms with Crippen molar-refractivity contribution in [2.75, 3.05) is 0 Å². The fourth-order valence-corrected chi connectivity index (χ4v) is 2.66. The zero-order chi connectivity index (χ0) is 14.8. The second kappa shape index (κ2) is 5.70. The number of aliphatic hydroxyl groups excluding tert-OH is 1. The number of hydrogen-bond donors (Lipinski definition) is 1. The van der Waals surface area contributed by atoms with E-state index in [1.54, 1.807) is 0 Å². The van der Waals surface area contributed by atoms with Crippen LogP contribution in [0, 0.1) is 6.92 Å². The maximum atomic E-state index is 10.7. The van der Waals surface area contributed by atoms with Gasteiger partial charge in [-0.25, -0.2) is 4.98 Å². The highest BCUT2D eigenvalue weighted by atomic mass is 16.3. The number of aryl methyl sites for hydroxylation is 2. The van der Waals surface area contributed by atoms with Crippen LogP contribution in [0.15, 0.2) is 48.5 Å². The predicted molar refractivity (Wildman–Crippen MR) is 85.3 cm³/mol. The molecule has 0 saturated carbocycles. The first-order valence-corrected chi connectivity index (χ1v) is 7.40. The van der Waals surface area contributed by atoms with Gasteiger partial charge in [-0.2, -0.15) is 0 Å². The summed E-state index contributed by atoms with van der Waals surface area (Å²) in [5, 5.41) is 10.7. The van der Waals surface area contributed by atoms with Crippen LogP contribution in [0.25, 0.3) is 11.0 Å². The monoisotopic (exact) mass is 280 g/mol. The molecule has 3 nitrogen and oxygen atoms in total. The molecule has 0 saturated heterocycles. The van der Waals surface area contributed by atoms with E-state index in [0.29, 0.717) is 0 Å².